The number of hydrogen-bond acceptors (Lipinski definition) is 5. The first-order chi connectivity index (χ1) is 7.74. The highest BCUT2D eigenvalue weighted by atomic mass is 16.5. The van der Waals surface area contributed by atoms with E-state index >= 15 is 0 Å². The first-order valence-corrected chi connectivity index (χ1v) is 5.96. The van der Waals surface area contributed by atoms with Crippen molar-refractivity contribution in [3.8, 4) is 0 Å². The van der Waals surface area contributed by atoms with Crippen LogP contribution in [0.25, 0.3) is 0 Å². The van der Waals surface area contributed by atoms with E-state index < -0.39 is 0 Å². The summed E-state index contributed by atoms with van der Waals surface area (Å²) in [5.41, 5.74) is 5.79. The maximum atomic E-state index is 5.79. The summed E-state index contributed by atoms with van der Waals surface area (Å²) < 4.78 is 5.18. The van der Waals surface area contributed by atoms with Gasteiger partial charge in [0, 0.05) is 19.0 Å². The van der Waals surface area contributed by atoms with Crippen LogP contribution in [0.2, 0.25) is 0 Å². The normalized spacial score (nSPS) is 18.0. The molecule has 1 fully saturated rings. The lowest BCUT2D eigenvalue weighted by Gasteiger charge is -2.25. The SMILES string of the molecule is CCc1noc(CN(C)C(CN)C2CC2)n1. The zero-order chi connectivity index (χ0) is 11.5. The fourth-order valence-corrected chi connectivity index (χ4v) is 2.04. The maximum absolute atomic E-state index is 5.79. The first-order valence-electron chi connectivity index (χ1n) is 5.96. The second kappa shape index (κ2) is 4.93. The Bertz CT molecular complexity index is 334. The van der Waals surface area contributed by atoms with E-state index in [-0.39, 0.29) is 0 Å². The number of nitrogens with zero attached hydrogens (tertiary/aromatic N) is 3. The largest absolute Gasteiger partial charge is 0.338 e. The van der Waals surface area contributed by atoms with Gasteiger partial charge in [-0.2, -0.15) is 4.98 Å². The van der Waals surface area contributed by atoms with Crippen molar-refractivity contribution in [2.24, 2.45) is 11.7 Å². The fraction of sp³-hybridized carbons (Fsp3) is 0.818. The molecule has 0 amide bonds. The van der Waals surface area contributed by atoms with Crippen molar-refractivity contribution < 1.29 is 4.52 Å². The van der Waals surface area contributed by atoms with Crippen LogP contribution in [0.5, 0.6) is 0 Å². The zero-order valence-electron chi connectivity index (χ0n) is 10.0. The molecule has 5 nitrogen and oxygen atoms in total. The summed E-state index contributed by atoms with van der Waals surface area (Å²) in [6.45, 7) is 3.42. The molecule has 0 spiro atoms. The summed E-state index contributed by atoms with van der Waals surface area (Å²) in [5, 5.41) is 3.89. The molecule has 5 heteroatoms. The first kappa shape index (κ1) is 11.5. The molecule has 0 radical (unpaired) electrons. The Labute approximate surface area is 96.0 Å². The fourth-order valence-electron chi connectivity index (χ4n) is 2.04. The Kier molecular flexibility index (Phi) is 3.56. The van der Waals surface area contributed by atoms with E-state index in [0.29, 0.717) is 25.0 Å². The monoisotopic (exact) mass is 224 g/mol. The number of aryl methyl sites for hydroxylation is 1. The third-order valence-electron chi connectivity index (χ3n) is 3.18. The average molecular weight is 224 g/mol. The molecular weight excluding hydrogens is 204 g/mol. The molecule has 0 bridgehead atoms. The number of rotatable bonds is 6. The van der Waals surface area contributed by atoms with Gasteiger partial charge in [-0.05, 0) is 25.8 Å². The van der Waals surface area contributed by atoms with Gasteiger partial charge in [0.1, 0.15) is 0 Å². The smallest absolute Gasteiger partial charge is 0.240 e. The minimum atomic E-state index is 0.456. The Morgan fingerprint density at radius 3 is 2.81 bits per heavy atom. The van der Waals surface area contributed by atoms with Crippen LogP contribution in [-0.4, -0.2) is 34.7 Å². The van der Waals surface area contributed by atoms with E-state index in [0.717, 1.165) is 18.2 Å². The van der Waals surface area contributed by atoms with Gasteiger partial charge in [0.15, 0.2) is 5.82 Å². The van der Waals surface area contributed by atoms with Gasteiger partial charge in [-0.1, -0.05) is 12.1 Å². The predicted molar refractivity (Wildman–Crippen MR) is 60.7 cm³/mol. The molecule has 90 valence electrons. The van der Waals surface area contributed by atoms with Crippen LogP contribution in [0.1, 0.15) is 31.5 Å². The van der Waals surface area contributed by atoms with E-state index in [1.807, 2.05) is 6.92 Å². The van der Waals surface area contributed by atoms with Crippen LogP contribution < -0.4 is 5.73 Å². The summed E-state index contributed by atoms with van der Waals surface area (Å²) in [5.74, 6) is 2.24. The van der Waals surface area contributed by atoms with E-state index in [1.54, 1.807) is 0 Å². The number of hydrogen-bond donors (Lipinski definition) is 1. The molecule has 0 aliphatic heterocycles. The molecule has 1 aliphatic carbocycles. The molecule has 1 aromatic heterocycles. The molecule has 2 rings (SSSR count). The van der Waals surface area contributed by atoms with Crippen LogP contribution >= 0.6 is 0 Å². The van der Waals surface area contributed by atoms with Gasteiger partial charge >= 0.3 is 0 Å². The van der Waals surface area contributed by atoms with Gasteiger partial charge in [-0.3, -0.25) is 4.90 Å². The maximum Gasteiger partial charge on any atom is 0.240 e. The van der Waals surface area contributed by atoms with E-state index in [9.17, 15) is 0 Å². The molecule has 1 unspecified atom stereocenters. The van der Waals surface area contributed by atoms with Gasteiger partial charge < -0.3 is 10.3 Å². The van der Waals surface area contributed by atoms with Gasteiger partial charge in [0.05, 0.1) is 6.54 Å². The second-order valence-electron chi connectivity index (χ2n) is 4.51. The second-order valence-corrected chi connectivity index (χ2v) is 4.51. The lowest BCUT2D eigenvalue weighted by Crippen LogP contribution is -2.39. The Morgan fingerprint density at radius 1 is 1.56 bits per heavy atom. The van der Waals surface area contributed by atoms with E-state index in [4.69, 9.17) is 10.3 Å². The summed E-state index contributed by atoms with van der Waals surface area (Å²) in [4.78, 5) is 6.53. The van der Waals surface area contributed by atoms with Crippen molar-refractivity contribution in [3.63, 3.8) is 0 Å². The Hall–Kier alpha value is -0.940. The number of aromatic nitrogens is 2. The summed E-state index contributed by atoms with van der Waals surface area (Å²) >= 11 is 0. The molecule has 1 saturated carbocycles. The molecule has 2 N–H and O–H groups in total. The van der Waals surface area contributed by atoms with Crippen LogP contribution in [0.3, 0.4) is 0 Å². The Morgan fingerprint density at radius 2 is 2.31 bits per heavy atom. The third kappa shape index (κ3) is 2.59. The molecule has 0 aromatic carbocycles. The van der Waals surface area contributed by atoms with E-state index in [2.05, 4.69) is 22.1 Å². The highest BCUT2D eigenvalue weighted by Gasteiger charge is 2.33. The zero-order valence-corrected chi connectivity index (χ0v) is 10.0. The molecule has 16 heavy (non-hydrogen) atoms. The van der Waals surface area contributed by atoms with Crippen molar-refractivity contribution in [2.45, 2.75) is 38.8 Å². The quantitative estimate of drug-likeness (QED) is 0.774. The summed E-state index contributed by atoms with van der Waals surface area (Å²) in [6, 6.07) is 0.456. The Balaban J connectivity index is 1.92. The minimum absolute atomic E-state index is 0.456. The number of likely N-dealkylation sites (N-methyl/N-ethyl adjacent to an activating group) is 1. The van der Waals surface area contributed by atoms with Crippen molar-refractivity contribution in [1.82, 2.24) is 15.0 Å². The summed E-state index contributed by atoms with van der Waals surface area (Å²) in [6.07, 6.45) is 3.42. The van der Waals surface area contributed by atoms with Crippen molar-refractivity contribution in [1.29, 1.82) is 0 Å². The highest BCUT2D eigenvalue weighted by molar-refractivity contribution is 4.91. The van der Waals surface area contributed by atoms with Gasteiger partial charge in [-0.15, -0.1) is 0 Å². The van der Waals surface area contributed by atoms with Gasteiger partial charge in [-0.25, -0.2) is 0 Å². The van der Waals surface area contributed by atoms with Crippen LogP contribution in [-0.2, 0) is 13.0 Å². The topological polar surface area (TPSA) is 68.2 Å². The standard InChI is InChI=1S/C11H20N4O/c1-3-10-13-11(16-14-10)7-15(2)9(6-12)8-4-5-8/h8-9H,3-7,12H2,1-2H3. The molecule has 1 atom stereocenters. The molecule has 1 heterocycles. The molecule has 0 saturated heterocycles. The minimum Gasteiger partial charge on any atom is -0.338 e. The van der Waals surface area contributed by atoms with Gasteiger partial charge in [0.2, 0.25) is 5.89 Å². The van der Waals surface area contributed by atoms with Crippen molar-refractivity contribution in [3.05, 3.63) is 11.7 Å². The molecule has 1 aliphatic rings. The van der Waals surface area contributed by atoms with Crippen LogP contribution in [0, 0.1) is 5.92 Å². The highest BCUT2D eigenvalue weighted by Crippen LogP contribution is 2.34. The van der Waals surface area contributed by atoms with Crippen molar-refractivity contribution >= 4 is 0 Å². The lowest BCUT2D eigenvalue weighted by atomic mass is 10.1. The molecular formula is C11H20N4O. The van der Waals surface area contributed by atoms with Crippen LogP contribution in [0.4, 0.5) is 0 Å². The predicted octanol–water partition coefficient (Wildman–Crippen LogP) is 0.801. The third-order valence-corrected chi connectivity index (χ3v) is 3.18. The number of nitrogens with two attached hydrogens (primary N) is 1. The average Bonchev–Trinajstić information content (AvgIpc) is 2.99. The summed E-state index contributed by atoms with van der Waals surface area (Å²) in [7, 11) is 2.08. The molecule has 1 aromatic rings. The van der Waals surface area contributed by atoms with Crippen LogP contribution in [0.15, 0.2) is 4.52 Å². The lowest BCUT2D eigenvalue weighted by molar-refractivity contribution is 0.189. The van der Waals surface area contributed by atoms with E-state index in [1.165, 1.54) is 12.8 Å². The van der Waals surface area contributed by atoms with Gasteiger partial charge in [0.25, 0.3) is 0 Å². The van der Waals surface area contributed by atoms with Crippen molar-refractivity contribution in [2.75, 3.05) is 13.6 Å².